The summed E-state index contributed by atoms with van der Waals surface area (Å²) in [5.74, 6) is 0. The molecule has 1 unspecified atom stereocenters. The van der Waals surface area contributed by atoms with Crippen molar-refractivity contribution in [3.63, 3.8) is 0 Å². The molecule has 1 atom stereocenters. The van der Waals surface area contributed by atoms with Gasteiger partial charge in [0.15, 0.2) is 0 Å². The van der Waals surface area contributed by atoms with Crippen LogP contribution in [0.1, 0.15) is 39.7 Å². The molecule has 3 heteroatoms. The second kappa shape index (κ2) is 8.22. The minimum atomic E-state index is -0.0712. The predicted molar refractivity (Wildman–Crippen MR) is 90.6 cm³/mol. The lowest BCUT2D eigenvalue weighted by Gasteiger charge is -2.25. The normalized spacial score (nSPS) is 13.5. The SMILES string of the molecule is CCCNC(COC(C)(C)C)Cc1ccc(I)cc1. The van der Waals surface area contributed by atoms with Crippen molar-refractivity contribution < 1.29 is 4.74 Å². The Labute approximate surface area is 131 Å². The lowest BCUT2D eigenvalue weighted by atomic mass is 10.1. The lowest BCUT2D eigenvalue weighted by Crippen LogP contribution is -2.38. The highest BCUT2D eigenvalue weighted by Crippen LogP contribution is 2.12. The molecule has 2 nitrogen and oxygen atoms in total. The first-order valence-corrected chi connectivity index (χ1v) is 8.10. The third kappa shape index (κ3) is 7.90. The van der Waals surface area contributed by atoms with Crippen LogP contribution in [0.5, 0.6) is 0 Å². The predicted octanol–water partition coefficient (Wildman–Crippen LogP) is 4.02. The van der Waals surface area contributed by atoms with E-state index in [4.69, 9.17) is 4.74 Å². The number of halogens is 1. The average Bonchev–Trinajstić information content (AvgIpc) is 2.34. The van der Waals surface area contributed by atoms with E-state index in [1.165, 1.54) is 9.13 Å². The Morgan fingerprint density at radius 2 is 1.84 bits per heavy atom. The van der Waals surface area contributed by atoms with Gasteiger partial charge in [-0.1, -0.05) is 19.1 Å². The van der Waals surface area contributed by atoms with Gasteiger partial charge in [0.2, 0.25) is 0 Å². The molecule has 1 aromatic carbocycles. The molecule has 1 aromatic rings. The summed E-state index contributed by atoms with van der Waals surface area (Å²) in [6, 6.07) is 9.13. The molecule has 0 amide bonds. The summed E-state index contributed by atoms with van der Waals surface area (Å²) >= 11 is 2.34. The number of hydrogen-bond acceptors (Lipinski definition) is 2. The van der Waals surface area contributed by atoms with E-state index in [1.807, 2.05) is 0 Å². The second-order valence-electron chi connectivity index (χ2n) is 5.91. The van der Waals surface area contributed by atoms with Gasteiger partial charge in [0.1, 0.15) is 0 Å². The molecule has 0 aromatic heterocycles. The highest BCUT2D eigenvalue weighted by molar-refractivity contribution is 14.1. The zero-order chi connectivity index (χ0) is 14.3. The molecule has 0 aliphatic rings. The summed E-state index contributed by atoms with van der Waals surface area (Å²) in [6.07, 6.45) is 2.17. The molecule has 0 spiro atoms. The van der Waals surface area contributed by atoms with Crippen molar-refractivity contribution in [2.45, 2.75) is 52.2 Å². The Hall–Kier alpha value is -0.130. The van der Waals surface area contributed by atoms with E-state index < -0.39 is 0 Å². The highest BCUT2D eigenvalue weighted by Gasteiger charge is 2.15. The van der Waals surface area contributed by atoms with E-state index in [0.717, 1.165) is 26.0 Å². The maximum Gasteiger partial charge on any atom is 0.0629 e. The average molecular weight is 375 g/mol. The van der Waals surface area contributed by atoms with Gasteiger partial charge < -0.3 is 10.1 Å². The maximum atomic E-state index is 5.92. The fourth-order valence-electron chi connectivity index (χ4n) is 1.79. The fourth-order valence-corrected chi connectivity index (χ4v) is 2.15. The van der Waals surface area contributed by atoms with Gasteiger partial charge in [-0.3, -0.25) is 0 Å². The zero-order valence-electron chi connectivity index (χ0n) is 12.5. The van der Waals surface area contributed by atoms with Crippen LogP contribution in [0.4, 0.5) is 0 Å². The maximum absolute atomic E-state index is 5.92. The first-order valence-electron chi connectivity index (χ1n) is 7.02. The van der Waals surface area contributed by atoms with Crippen LogP contribution in [-0.2, 0) is 11.2 Å². The quantitative estimate of drug-likeness (QED) is 0.727. The van der Waals surface area contributed by atoms with Crippen LogP contribution in [0, 0.1) is 3.57 Å². The van der Waals surface area contributed by atoms with Crippen molar-refractivity contribution in [2.24, 2.45) is 0 Å². The molecule has 0 bridgehead atoms. The van der Waals surface area contributed by atoms with Crippen LogP contribution < -0.4 is 5.32 Å². The third-order valence-electron chi connectivity index (χ3n) is 2.80. The first-order chi connectivity index (χ1) is 8.90. The largest absolute Gasteiger partial charge is 0.374 e. The molecule has 0 fully saturated rings. The summed E-state index contributed by atoms with van der Waals surface area (Å²) in [6.45, 7) is 10.3. The number of nitrogens with one attached hydrogen (secondary N) is 1. The van der Waals surface area contributed by atoms with Crippen molar-refractivity contribution in [3.8, 4) is 0 Å². The molecule has 1 rings (SSSR count). The Balaban J connectivity index is 2.55. The molecule has 0 radical (unpaired) electrons. The van der Waals surface area contributed by atoms with Gasteiger partial charge >= 0.3 is 0 Å². The van der Waals surface area contributed by atoms with Gasteiger partial charge in [0.05, 0.1) is 12.2 Å². The topological polar surface area (TPSA) is 21.3 Å². The van der Waals surface area contributed by atoms with E-state index in [0.29, 0.717) is 6.04 Å². The van der Waals surface area contributed by atoms with E-state index in [1.54, 1.807) is 0 Å². The minimum absolute atomic E-state index is 0.0712. The second-order valence-corrected chi connectivity index (χ2v) is 7.15. The zero-order valence-corrected chi connectivity index (χ0v) is 14.7. The summed E-state index contributed by atoms with van der Waals surface area (Å²) in [4.78, 5) is 0. The molecule has 0 saturated carbocycles. The van der Waals surface area contributed by atoms with Crippen LogP contribution in [0.3, 0.4) is 0 Å². The summed E-state index contributed by atoms with van der Waals surface area (Å²) in [5.41, 5.74) is 1.30. The van der Waals surface area contributed by atoms with Gasteiger partial charge in [-0.15, -0.1) is 0 Å². The molecule has 0 heterocycles. The summed E-state index contributed by atoms with van der Waals surface area (Å²) in [5, 5.41) is 3.58. The number of ether oxygens (including phenoxy) is 1. The smallest absolute Gasteiger partial charge is 0.0629 e. The van der Waals surface area contributed by atoms with Gasteiger partial charge in [0, 0.05) is 9.61 Å². The standard InChI is InChI=1S/C16H26INO/c1-5-10-18-15(12-19-16(2,3)4)11-13-6-8-14(17)9-7-13/h6-9,15,18H,5,10-12H2,1-4H3. The van der Waals surface area contributed by atoms with Crippen LogP contribution in [0.25, 0.3) is 0 Å². The highest BCUT2D eigenvalue weighted by atomic mass is 127. The van der Waals surface area contributed by atoms with Crippen molar-refractivity contribution in [1.82, 2.24) is 5.32 Å². The Morgan fingerprint density at radius 1 is 1.21 bits per heavy atom. The third-order valence-corrected chi connectivity index (χ3v) is 3.52. The molecule has 19 heavy (non-hydrogen) atoms. The van der Waals surface area contributed by atoms with Gasteiger partial charge in [-0.05, 0) is 80.4 Å². The Morgan fingerprint density at radius 3 is 2.37 bits per heavy atom. The summed E-state index contributed by atoms with van der Waals surface area (Å²) < 4.78 is 7.20. The Bertz CT molecular complexity index is 356. The van der Waals surface area contributed by atoms with Gasteiger partial charge in [-0.2, -0.15) is 0 Å². The van der Waals surface area contributed by atoms with E-state index in [2.05, 4.69) is 79.9 Å². The number of hydrogen-bond donors (Lipinski definition) is 1. The molecular weight excluding hydrogens is 349 g/mol. The molecule has 108 valence electrons. The van der Waals surface area contributed by atoms with Gasteiger partial charge in [0.25, 0.3) is 0 Å². The van der Waals surface area contributed by atoms with Crippen molar-refractivity contribution in [2.75, 3.05) is 13.2 Å². The van der Waals surface area contributed by atoms with Crippen LogP contribution in [0.2, 0.25) is 0 Å². The molecule has 0 aliphatic carbocycles. The van der Waals surface area contributed by atoms with Crippen molar-refractivity contribution in [1.29, 1.82) is 0 Å². The molecular formula is C16H26INO. The molecule has 1 N–H and O–H groups in total. The molecule has 0 aliphatic heterocycles. The number of benzene rings is 1. The van der Waals surface area contributed by atoms with E-state index in [9.17, 15) is 0 Å². The van der Waals surface area contributed by atoms with Gasteiger partial charge in [-0.25, -0.2) is 0 Å². The van der Waals surface area contributed by atoms with Crippen molar-refractivity contribution >= 4 is 22.6 Å². The van der Waals surface area contributed by atoms with Crippen LogP contribution in [0.15, 0.2) is 24.3 Å². The van der Waals surface area contributed by atoms with E-state index in [-0.39, 0.29) is 5.60 Å². The summed E-state index contributed by atoms with van der Waals surface area (Å²) in [7, 11) is 0. The van der Waals surface area contributed by atoms with Crippen LogP contribution >= 0.6 is 22.6 Å². The molecule has 0 saturated heterocycles. The number of rotatable bonds is 7. The van der Waals surface area contributed by atoms with Crippen LogP contribution in [-0.4, -0.2) is 24.8 Å². The van der Waals surface area contributed by atoms with Crippen molar-refractivity contribution in [3.05, 3.63) is 33.4 Å². The minimum Gasteiger partial charge on any atom is -0.374 e. The Kier molecular flexibility index (Phi) is 7.32. The first kappa shape index (κ1) is 16.9. The fraction of sp³-hybridized carbons (Fsp3) is 0.625. The van der Waals surface area contributed by atoms with E-state index >= 15 is 0 Å². The lowest BCUT2D eigenvalue weighted by molar-refractivity contribution is -0.0143. The monoisotopic (exact) mass is 375 g/mol.